The Labute approximate surface area is 235 Å². The van der Waals surface area contributed by atoms with Crippen LogP contribution in [0.5, 0.6) is 0 Å². The summed E-state index contributed by atoms with van der Waals surface area (Å²) >= 11 is 1.73. The largest absolute Gasteiger partial charge is 0.327 e. The van der Waals surface area contributed by atoms with Crippen molar-refractivity contribution < 1.29 is 0 Å². The standard InChI is InChI=1S/C35H24N4S/c1-38-31-13-3-2-12-30(31)37-35(38)24-15-16-28-33(21-24)39(26-9-6-8-23(20-26)29-11-4-5-18-36-29)32-14-7-10-27(34(28)32)25-17-19-40-22-25/h2-22H,1H3. The Morgan fingerprint density at radius 2 is 1.55 bits per heavy atom. The zero-order valence-corrected chi connectivity index (χ0v) is 22.6. The van der Waals surface area contributed by atoms with Crippen LogP contribution in [0.1, 0.15) is 0 Å². The van der Waals surface area contributed by atoms with Gasteiger partial charge in [-0.15, -0.1) is 0 Å². The van der Waals surface area contributed by atoms with Gasteiger partial charge in [-0.05, 0) is 76.5 Å². The average molecular weight is 533 g/mol. The number of imidazole rings is 1. The first kappa shape index (κ1) is 22.9. The van der Waals surface area contributed by atoms with Crippen LogP contribution in [0.2, 0.25) is 0 Å². The van der Waals surface area contributed by atoms with Gasteiger partial charge in [-0.1, -0.05) is 54.6 Å². The molecule has 4 heterocycles. The Kier molecular flexibility index (Phi) is 5.18. The molecule has 8 aromatic rings. The van der Waals surface area contributed by atoms with Crippen molar-refractivity contribution >= 4 is 44.2 Å². The minimum atomic E-state index is 0.959. The van der Waals surface area contributed by atoms with Crippen LogP contribution in [-0.2, 0) is 7.05 Å². The fraction of sp³-hybridized carbons (Fsp3) is 0.0286. The van der Waals surface area contributed by atoms with E-state index in [2.05, 4.69) is 123 Å². The lowest BCUT2D eigenvalue weighted by atomic mass is 10.0. The number of benzene rings is 4. The number of aryl methyl sites for hydroxylation is 1. The van der Waals surface area contributed by atoms with Gasteiger partial charge >= 0.3 is 0 Å². The number of thiophene rings is 1. The molecule has 0 aliphatic rings. The van der Waals surface area contributed by atoms with E-state index in [1.165, 1.54) is 27.4 Å². The Balaban J connectivity index is 1.44. The molecule has 8 rings (SSSR count). The maximum absolute atomic E-state index is 5.00. The lowest BCUT2D eigenvalue weighted by Gasteiger charge is -2.11. The molecule has 40 heavy (non-hydrogen) atoms. The molecule has 0 saturated heterocycles. The first-order chi connectivity index (χ1) is 19.8. The van der Waals surface area contributed by atoms with Crippen molar-refractivity contribution in [1.82, 2.24) is 19.1 Å². The van der Waals surface area contributed by atoms with E-state index in [1.54, 1.807) is 11.3 Å². The zero-order chi connectivity index (χ0) is 26.6. The maximum atomic E-state index is 5.00. The molecule has 0 aliphatic carbocycles. The van der Waals surface area contributed by atoms with E-state index in [0.29, 0.717) is 0 Å². The number of hydrogen-bond acceptors (Lipinski definition) is 3. The highest BCUT2D eigenvalue weighted by molar-refractivity contribution is 7.08. The van der Waals surface area contributed by atoms with E-state index in [0.717, 1.165) is 44.9 Å². The predicted octanol–water partition coefficient (Wildman–Crippen LogP) is 9.13. The van der Waals surface area contributed by atoms with Crippen molar-refractivity contribution in [2.45, 2.75) is 0 Å². The first-order valence-corrected chi connectivity index (χ1v) is 14.2. The molecule has 190 valence electrons. The van der Waals surface area contributed by atoms with Crippen LogP contribution in [0.3, 0.4) is 0 Å². The molecule has 0 bridgehead atoms. The topological polar surface area (TPSA) is 35.6 Å². The molecular formula is C35H24N4S. The number of para-hydroxylation sites is 2. The fourth-order valence-corrected chi connectivity index (χ4v) is 6.54. The Bertz CT molecular complexity index is 2170. The average Bonchev–Trinajstić information content (AvgIpc) is 3.74. The van der Waals surface area contributed by atoms with Crippen LogP contribution in [0.4, 0.5) is 0 Å². The van der Waals surface area contributed by atoms with E-state index in [1.807, 2.05) is 24.4 Å². The van der Waals surface area contributed by atoms with Gasteiger partial charge in [0.25, 0.3) is 0 Å². The van der Waals surface area contributed by atoms with Crippen molar-refractivity contribution in [2.24, 2.45) is 7.05 Å². The first-order valence-electron chi connectivity index (χ1n) is 13.3. The van der Waals surface area contributed by atoms with Gasteiger partial charge in [-0.2, -0.15) is 11.3 Å². The molecule has 0 atom stereocenters. The second-order valence-electron chi connectivity index (χ2n) is 10.0. The number of rotatable bonds is 4. The number of nitrogens with zero attached hydrogens (tertiary/aromatic N) is 4. The van der Waals surface area contributed by atoms with Gasteiger partial charge in [0.1, 0.15) is 5.82 Å². The molecule has 0 radical (unpaired) electrons. The summed E-state index contributed by atoms with van der Waals surface area (Å²) in [6.07, 6.45) is 1.85. The molecule has 0 aliphatic heterocycles. The normalized spacial score (nSPS) is 11.6. The maximum Gasteiger partial charge on any atom is 0.140 e. The van der Waals surface area contributed by atoms with Crippen LogP contribution in [-0.4, -0.2) is 19.1 Å². The summed E-state index contributed by atoms with van der Waals surface area (Å²) in [5.74, 6) is 0.959. The summed E-state index contributed by atoms with van der Waals surface area (Å²) < 4.78 is 4.57. The van der Waals surface area contributed by atoms with Gasteiger partial charge in [-0.3, -0.25) is 4.98 Å². The van der Waals surface area contributed by atoms with Crippen LogP contribution in [0.15, 0.2) is 126 Å². The number of pyridine rings is 1. The highest BCUT2D eigenvalue weighted by Crippen LogP contribution is 2.41. The van der Waals surface area contributed by atoms with Gasteiger partial charge in [0.15, 0.2) is 0 Å². The highest BCUT2D eigenvalue weighted by atomic mass is 32.1. The highest BCUT2D eigenvalue weighted by Gasteiger charge is 2.19. The lowest BCUT2D eigenvalue weighted by molar-refractivity contribution is 0.959. The SMILES string of the molecule is Cn1c(-c2ccc3c4c(-c5ccsc5)cccc4n(-c4cccc(-c5ccccn5)c4)c3c2)nc2ccccc21. The number of fused-ring (bicyclic) bond motifs is 4. The molecule has 4 aromatic heterocycles. The van der Waals surface area contributed by atoms with Gasteiger partial charge in [0.2, 0.25) is 0 Å². The van der Waals surface area contributed by atoms with Crippen molar-refractivity contribution in [2.75, 3.05) is 0 Å². The molecule has 0 amide bonds. The molecular weight excluding hydrogens is 508 g/mol. The summed E-state index contributed by atoms with van der Waals surface area (Å²) in [6, 6.07) is 38.6. The summed E-state index contributed by atoms with van der Waals surface area (Å²) in [6.45, 7) is 0. The number of hydrogen-bond donors (Lipinski definition) is 0. The van der Waals surface area contributed by atoms with E-state index in [-0.39, 0.29) is 0 Å². The van der Waals surface area contributed by atoms with Crippen molar-refractivity contribution in [3.05, 3.63) is 126 Å². The number of aromatic nitrogens is 4. The third-order valence-corrected chi connectivity index (χ3v) is 8.42. The van der Waals surface area contributed by atoms with Gasteiger partial charge in [-0.25, -0.2) is 4.98 Å². The van der Waals surface area contributed by atoms with Crippen LogP contribution >= 0.6 is 11.3 Å². The molecule has 5 heteroatoms. The van der Waals surface area contributed by atoms with E-state index >= 15 is 0 Å². The van der Waals surface area contributed by atoms with E-state index < -0.39 is 0 Å². The summed E-state index contributed by atoms with van der Waals surface area (Å²) in [5.41, 5.74) is 11.2. The molecule has 0 N–H and O–H groups in total. The van der Waals surface area contributed by atoms with Gasteiger partial charge in [0, 0.05) is 40.8 Å². The molecule has 0 unspecified atom stereocenters. The van der Waals surface area contributed by atoms with Gasteiger partial charge in [0.05, 0.1) is 27.8 Å². The van der Waals surface area contributed by atoms with Crippen molar-refractivity contribution in [1.29, 1.82) is 0 Å². The quantitative estimate of drug-likeness (QED) is 0.227. The lowest BCUT2D eigenvalue weighted by Crippen LogP contribution is -1.96. The third-order valence-electron chi connectivity index (χ3n) is 7.73. The molecule has 4 nitrogen and oxygen atoms in total. The second-order valence-corrected chi connectivity index (χ2v) is 10.8. The van der Waals surface area contributed by atoms with Crippen LogP contribution in [0.25, 0.3) is 72.3 Å². The molecule has 0 saturated carbocycles. The molecule has 4 aromatic carbocycles. The third kappa shape index (κ3) is 3.52. The van der Waals surface area contributed by atoms with Gasteiger partial charge < -0.3 is 9.13 Å². The van der Waals surface area contributed by atoms with E-state index in [4.69, 9.17) is 4.98 Å². The molecule has 0 fully saturated rings. The summed E-state index contributed by atoms with van der Waals surface area (Å²) in [7, 11) is 2.09. The van der Waals surface area contributed by atoms with Crippen LogP contribution in [0, 0.1) is 0 Å². The fourth-order valence-electron chi connectivity index (χ4n) is 5.88. The smallest absolute Gasteiger partial charge is 0.140 e. The van der Waals surface area contributed by atoms with Crippen molar-refractivity contribution in [3.63, 3.8) is 0 Å². The second kappa shape index (κ2) is 9.04. The summed E-state index contributed by atoms with van der Waals surface area (Å²) in [5, 5.41) is 6.86. The monoisotopic (exact) mass is 532 g/mol. The van der Waals surface area contributed by atoms with E-state index in [9.17, 15) is 0 Å². The van der Waals surface area contributed by atoms with Crippen LogP contribution < -0.4 is 0 Å². The minimum absolute atomic E-state index is 0.959. The Morgan fingerprint density at radius 1 is 0.675 bits per heavy atom. The minimum Gasteiger partial charge on any atom is -0.327 e. The summed E-state index contributed by atoms with van der Waals surface area (Å²) in [4.78, 5) is 9.61. The zero-order valence-electron chi connectivity index (χ0n) is 21.8. The predicted molar refractivity (Wildman–Crippen MR) is 167 cm³/mol. The Morgan fingerprint density at radius 3 is 2.40 bits per heavy atom. The van der Waals surface area contributed by atoms with Crippen molar-refractivity contribution in [3.8, 4) is 39.5 Å². The Hall–Kier alpha value is -5.00. The molecule has 0 spiro atoms.